The zero-order valence-corrected chi connectivity index (χ0v) is 13.2. The van der Waals surface area contributed by atoms with E-state index < -0.39 is 0 Å². The molecule has 2 nitrogen and oxygen atoms in total. The maximum absolute atomic E-state index is 12.7. The van der Waals surface area contributed by atoms with Crippen molar-refractivity contribution in [2.45, 2.75) is 59.0 Å². The summed E-state index contributed by atoms with van der Waals surface area (Å²) in [6, 6.07) is 8.61. The van der Waals surface area contributed by atoms with Crippen LogP contribution >= 0.6 is 0 Å². The van der Waals surface area contributed by atoms with Crippen molar-refractivity contribution in [1.29, 1.82) is 0 Å². The number of piperidine rings is 1. The van der Waals surface area contributed by atoms with Gasteiger partial charge < -0.3 is 0 Å². The van der Waals surface area contributed by atoms with Crippen molar-refractivity contribution >= 4 is 5.78 Å². The van der Waals surface area contributed by atoms with Gasteiger partial charge in [-0.05, 0) is 44.6 Å². The minimum atomic E-state index is -0.0137. The smallest absolute Gasteiger partial charge is 0.179 e. The first-order valence-electron chi connectivity index (χ1n) is 7.91. The molecule has 0 bridgehead atoms. The lowest BCUT2D eigenvalue weighted by Gasteiger charge is -2.40. The third-order valence-corrected chi connectivity index (χ3v) is 4.69. The normalized spacial score (nSPS) is 25.4. The van der Waals surface area contributed by atoms with E-state index in [1.54, 1.807) is 0 Å². The Labute approximate surface area is 123 Å². The van der Waals surface area contributed by atoms with Crippen molar-refractivity contribution in [3.8, 4) is 0 Å². The molecule has 1 aliphatic rings. The van der Waals surface area contributed by atoms with Gasteiger partial charge in [-0.2, -0.15) is 0 Å². The average molecular weight is 273 g/mol. The summed E-state index contributed by atoms with van der Waals surface area (Å²) in [5.74, 6) is 0.956. The van der Waals surface area contributed by atoms with Gasteiger partial charge in [0.05, 0.1) is 6.04 Å². The van der Waals surface area contributed by atoms with Crippen LogP contribution in [0.5, 0.6) is 0 Å². The van der Waals surface area contributed by atoms with Crippen molar-refractivity contribution in [2.24, 2.45) is 5.92 Å². The first-order valence-corrected chi connectivity index (χ1v) is 7.91. The zero-order valence-electron chi connectivity index (χ0n) is 13.2. The van der Waals surface area contributed by atoms with E-state index in [-0.39, 0.29) is 11.8 Å². The van der Waals surface area contributed by atoms with Crippen LogP contribution in [0.3, 0.4) is 0 Å². The summed E-state index contributed by atoms with van der Waals surface area (Å²) in [7, 11) is 0. The monoisotopic (exact) mass is 273 g/mol. The number of aryl methyl sites for hydroxylation is 1. The molecular formula is C18H27NO. The lowest BCUT2D eigenvalue weighted by atomic mass is 9.92. The van der Waals surface area contributed by atoms with Crippen LogP contribution in [0.15, 0.2) is 24.3 Å². The van der Waals surface area contributed by atoms with Gasteiger partial charge in [0.25, 0.3) is 0 Å². The topological polar surface area (TPSA) is 20.3 Å². The second-order valence-electron chi connectivity index (χ2n) is 6.32. The van der Waals surface area contributed by atoms with E-state index in [0.29, 0.717) is 12.0 Å². The average Bonchev–Trinajstić information content (AvgIpc) is 2.48. The summed E-state index contributed by atoms with van der Waals surface area (Å²) in [6.45, 7) is 9.77. The largest absolute Gasteiger partial charge is 0.292 e. The van der Waals surface area contributed by atoms with Crippen LogP contribution in [0, 0.1) is 5.92 Å². The second-order valence-corrected chi connectivity index (χ2v) is 6.32. The van der Waals surface area contributed by atoms with Gasteiger partial charge in [-0.1, -0.05) is 38.1 Å². The number of rotatable bonds is 4. The van der Waals surface area contributed by atoms with E-state index >= 15 is 0 Å². The molecule has 3 atom stereocenters. The number of benzene rings is 1. The van der Waals surface area contributed by atoms with Crippen molar-refractivity contribution < 1.29 is 4.79 Å². The lowest BCUT2D eigenvalue weighted by Crippen LogP contribution is -2.49. The molecule has 0 saturated carbocycles. The van der Waals surface area contributed by atoms with Crippen LogP contribution in [0.25, 0.3) is 0 Å². The fourth-order valence-electron chi connectivity index (χ4n) is 3.16. The summed E-state index contributed by atoms with van der Waals surface area (Å²) in [6.07, 6.45) is 3.50. The number of carbonyl (C=O) groups is 1. The highest BCUT2D eigenvalue weighted by Gasteiger charge is 2.30. The van der Waals surface area contributed by atoms with Gasteiger partial charge >= 0.3 is 0 Å². The molecule has 1 saturated heterocycles. The molecule has 0 aromatic heterocycles. The molecule has 1 heterocycles. The number of nitrogens with zero attached hydrogens (tertiary/aromatic N) is 1. The van der Waals surface area contributed by atoms with Crippen LogP contribution < -0.4 is 0 Å². The number of ketones is 1. The molecule has 1 aromatic rings. The van der Waals surface area contributed by atoms with Gasteiger partial charge in [0.2, 0.25) is 0 Å². The van der Waals surface area contributed by atoms with Crippen molar-refractivity contribution in [1.82, 2.24) is 4.90 Å². The molecule has 0 spiro atoms. The molecule has 0 radical (unpaired) electrons. The summed E-state index contributed by atoms with van der Waals surface area (Å²) < 4.78 is 0. The van der Waals surface area contributed by atoms with Crippen LogP contribution in [0.4, 0.5) is 0 Å². The first-order chi connectivity index (χ1) is 9.52. The standard InChI is InChI=1S/C18H27NO/c1-5-16-8-10-17(11-9-16)18(20)15(4)19-12-13(2)6-7-14(19)3/h8-11,13-15H,5-7,12H2,1-4H3. The van der Waals surface area contributed by atoms with E-state index in [0.717, 1.165) is 18.5 Å². The maximum atomic E-state index is 12.7. The van der Waals surface area contributed by atoms with Crippen LogP contribution in [0.1, 0.15) is 56.5 Å². The number of Topliss-reactive ketones (excluding diaryl/α,β-unsaturated/α-hetero) is 1. The SMILES string of the molecule is CCc1ccc(C(=O)C(C)N2CC(C)CCC2C)cc1. The number of likely N-dealkylation sites (tertiary alicyclic amines) is 1. The lowest BCUT2D eigenvalue weighted by molar-refractivity contribution is 0.0607. The van der Waals surface area contributed by atoms with Crippen LogP contribution in [-0.4, -0.2) is 29.3 Å². The van der Waals surface area contributed by atoms with Gasteiger partial charge in [-0.25, -0.2) is 0 Å². The molecule has 0 aliphatic carbocycles. The van der Waals surface area contributed by atoms with Gasteiger partial charge in [0, 0.05) is 18.2 Å². The molecule has 2 rings (SSSR count). The molecule has 0 amide bonds. The number of carbonyl (C=O) groups excluding carboxylic acids is 1. The van der Waals surface area contributed by atoms with Crippen molar-refractivity contribution in [2.75, 3.05) is 6.54 Å². The second kappa shape index (κ2) is 6.53. The molecule has 1 fully saturated rings. The highest BCUT2D eigenvalue weighted by molar-refractivity contribution is 5.99. The summed E-state index contributed by atoms with van der Waals surface area (Å²) in [5, 5.41) is 0. The zero-order chi connectivity index (χ0) is 14.7. The van der Waals surface area contributed by atoms with E-state index in [1.165, 1.54) is 18.4 Å². The molecule has 2 heteroatoms. The minimum absolute atomic E-state index is 0.0137. The van der Waals surface area contributed by atoms with E-state index in [9.17, 15) is 4.79 Å². The third kappa shape index (κ3) is 3.29. The Hall–Kier alpha value is -1.15. The van der Waals surface area contributed by atoms with E-state index in [2.05, 4.69) is 44.7 Å². The third-order valence-electron chi connectivity index (χ3n) is 4.69. The molecule has 110 valence electrons. The van der Waals surface area contributed by atoms with E-state index in [1.807, 2.05) is 12.1 Å². The highest BCUT2D eigenvalue weighted by atomic mass is 16.1. The van der Waals surface area contributed by atoms with Crippen molar-refractivity contribution in [3.05, 3.63) is 35.4 Å². The summed E-state index contributed by atoms with van der Waals surface area (Å²) in [4.78, 5) is 15.0. The maximum Gasteiger partial charge on any atom is 0.179 e. The Bertz CT molecular complexity index is 451. The quantitative estimate of drug-likeness (QED) is 0.774. The summed E-state index contributed by atoms with van der Waals surface area (Å²) in [5.41, 5.74) is 2.13. The Balaban J connectivity index is 2.10. The Morgan fingerprint density at radius 1 is 1.25 bits per heavy atom. The molecule has 0 N–H and O–H groups in total. The molecular weight excluding hydrogens is 246 g/mol. The van der Waals surface area contributed by atoms with Gasteiger partial charge in [-0.15, -0.1) is 0 Å². The number of hydrogen-bond acceptors (Lipinski definition) is 2. The van der Waals surface area contributed by atoms with Gasteiger partial charge in [0.15, 0.2) is 5.78 Å². The fourth-order valence-corrected chi connectivity index (χ4v) is 3.16. The molecule has 1 aromatic carbocycles. The van der Waals surface area contributed by atoms with Crippen LogP contribution in [0.2, 0.25) is 0 Å². The molecule has 3 unspecified atom stereocenters. The molecule has 20 heavy (non-hydrogen) atoms. The fraction of sp³-hybridized carbons (Fsp3) is 0.611. The molecule has 1 aliphatic heterocycles. The summed E-state index contributed by atoms with van der Waals surface area (Å²) >= 11 is 0. The van der Waals surface area contributed by atoms with Gasteiger partial charge in [0.1, 0.15) is 0 Å². The highest BCUT2D eigenvalue weighted by Crippen LogP contribution is 2.24. The predicted molar refractivity (Wildman–Crippen MR) is 84.2 cm³/mol. The minimum Gasteiger partial charge on any atom is -0.292 e. The van der Waals surface area contributed by atoms with Crippen molar-refractivity contribution in [3.63, 3.8) is 0 Å². The Morgan fingerprint density at radius 2 is 1.90 bits per heavy atom. The van der Waals surface area contributed by atoms with Crippen LogP contribution in [-0.2, 0) is 6.42 Å². The van der Waals surface area contributed by atoms with Gasteiger partial charge in [-0.3, -0.25) is 9.69 Å². The predicted octanol–water partition coefficient (Wildman–Crippen LogP) is 3.94. The Morgan fingerprint density at radius 3 is 2.50 bits per heavy atom. The Kier molecular flexibility index (Phi) is 4.98. The first kappa shape index (κ1) is 15.2. The number of hydrogen-bond donors (Lipinski definition) is 0. The van der Waals surface area contributed by atoms with E-state index in [4.69, 9.17) is 0 Å².